The van der Waals surface area contributed by atoms with Gasteiger partial charge in [-0.1, -0.05) is 66.2 Å². The van der Waals surface area contributed by atoms with E-state index in [1.165, 1.54) is 0 Å². The number of aliphatic hydroxyl groups excluding tert-OH is 11. The van der Waals surface area contributed by atoms with Gasteiger partial charge in [0.25, 0.3) is 0 Å². The second kappa shape index (κ2) is 20.8. The number of allylic oxidation sites excluding steroid dienone is 3. The molecule has 8 aliphatic rings. The van der Waals surface area contributed by atoms with Gasteiger partial charge in [0.05, 0.1) is 37.4 Å². The fourth-order valence-electron chi connectivity index (χ4n) is 15.8. The van der Waals surface area contributed by atoms with Crippen LogP contribution in [0.5, 0.6) is 0 Å². The summed E-state index contributed by atoms with van der Waals surface area (Å²) in [5.41, 5.74) is -2.05. The number of ether oxygens (including phenoxy) is 7. The average Bonchev–Trinajstić information content (AvgIpc) is 3.33. The molecule has 3 aliphatic heterocycles. The van der Waals surface area contributed by atoms with E-state index in [9.17, 15) is 70.9 Å². The lowest BCUT2D eigenvalue weighted by atomic mass is 9.33. The summed E-state index contributed by atoms with van der Waals surface area (Å²) in [7, 11) is 0. The second-order valence-corrected chi connectivity index (χ2v) is 25.2. The van der Waals surface area contributed by atoms with Crippen molar-refractivity contribution in [1.29, 1.82) is 0 Å². The van der Waals surface area contributed by atoms with Gasteiger partial charge >= 0.3 is 11.9 Å². The normalized spacial score (nSPS) is 51.1. The molecule has 3 heterocycles. The lowest BCUT2D eigenvalue weighted by Gasteiger charge is -2.72. The van der Waals surface area contributed by atoms with Gasteiger partial charge in [-0.2, -0.15) is 0 Å². The Hall–Kier alpha value is -2.26. The first-order chi connectivity index (χ1) is 34.5. The van der Waals surface area contributed by atoms with E-state index in [2.05, 4.69) is 54.5 Å². The first kappa shape index (κ1) is 57.9. The van der Waals surface area contributed by atoms with Gasteiger partial charge in [-0.15, -0.1) is 0 Å². The molecule has 3 saturated heterocycles. The maximum atomic E-state index is 13.8. The Labute approximate surface area is 432 Å². The minimum atomic E-state index is -2.00. The lowest BCUT2D eigenvalue weighted by Crippen LogP contribution is -2.70. The standard InChI is InChI=1S/C53H84O21/c1-10-23(2)44(67)71-32-19-48(3,4)17-25-24-11-12-29-50(7)15-14-31(72-47-40(64)41(39(63)42(74-47)43(65)66)73-46-38(62)36(60)34(58)27(21-55)70-46)49(5,6)28(50)13-16-51(29,8)52(24,9)18-30(56)53(25,32)22-68-45-37(61)35(59)33(57)26(20-54)69-45/h10-11,25-42,45-47,54-64H,12-22H2,1-9H3,(H,65,66). The van der Waals surface area contributed by atoms with Crippen molar-refractivity contribution in [2.75, 3.05) is 19.8 Å². The molecule has 25 atom stereocenters. The fraction of sp³-hybridized carbons (Fsp3) is 0.887. The van der Waals surface area contributed by atoms with Gasteiger partial charge in [-0.25, -0.2) is 9.59 Å². The van der Waals surface area contributed by atoms with E-state index in [1.807, 2.05) is 0 Å². The molecule has 0 bridgehead atoms. The van der Waals surface area contributed by atoms with Crippen molar-refractivity contribution < 1.29 is 104 Å². The lowest BCUT2D eigenvalue weighted by molar-refractivity contribution is -0.365. The zero-order valence-corrected chi connectivity index (χ0v) is 44.1. The van der Waals surface area contributed by atoms with Gasteiger partial charge in [0, 0.05) is 5.57 Å². The Kier molecular flexibility index (Phi) is 16.2. The molecule has 0 spiro atoms. The van der Waals surface area contributed by atoms with Crippen molar-refractivity contribution in [1.82, 2.24) is 0 Å². The largest absolute Gasteiger partial charge is 0.479 e. The molecular weight excluding hydrogens is 973 g/mol. The number of carboxylic acid groups (broad SMARTS) is 1. The number of carboxylic acids is 1. The maximum Gasteiger partial charge on any atom is 0.335 e. The molecule has 74 heavy (non-hydrogen) atoms. The van der Waals surface area contributed by atoms with Gasteiger partial charge in [0.2, 0.25) is 0 Å². The number of carbonyl (C=O) groups is 2. The minimum absolute atomic E-state index is 0.0138. The third-order valence-corrected chi connectivity index (χ3v) is 20.4. The molecule has 422 valence electrons. The van der Waals surface area contributed by atoms with E-state index in [1.54, 1.807) is 19.9 Å². The van der Waals surface area contributed by atoms with E-state index in [-0.39, 0.29) is 35.7 Å². The molecule has 0 amide bonds. The summed E-state index contributed by atoms with van der Waals surface area (Å²) < 4.78 is 42.3. The number of hydrogen-bond acceptors (Lipinski definition) is 20. The highest BCUT2D eigenvalue weighted by atomic mass is 16.7. The molecule has 7 fully saturated rings. The van der Waals surface area contributed by atoms with Crippen molar-refractivity contribution in [3.05, 3.63) is 23.3 Å². The van der Waals surface area contributed by atoms with E-state index < -0.39 is 163 Å². The van der Waals surface area contributed by atoms with E-state index >= 15 is 0 Å². The SMILES string of the molecule is CC=C(C)C(=O)OC1CC(C)(C)CC2C3=CCC4C5(C)CCC(OC6OC(C(=O)O)C(O)C(OC7OC(CO)C(O)C(O)C7O)C6O)C(C)(C)C5CCC4(C)C3(C)CC(O)C12COC1OC(CO)C(O)C(O)C1O. The maximum absolute atomic E-state index is 13.8. The summed E-state index contributed by atoms with van der Waals surface area (Å²) in [5, 5.41) is 130. The van der Waals surface area contributed by atoms with Gasteiger partial charge in [0.1, 0.15) is 73.2 Å². The quantitative estimate of drug-likeness (QED) is 0.0536. The third kappa shape index (κ3) is 9.25. The van der Waals surface area contributed by atoms with Crippen LogP contribution < -0.4 is 0 Å². The number of carbonyl (C=O) groups excluding carboxylic acids is 1. The molecule has 12 N–H and O–H groups in total. The van der Waals surface area contributed by atoms with Crippen molar-refractivity contribution in [2.45, 2.75) is 224 Å². The number of hydrogen-bond donors (Lipinski definition) is 12. The molecule has 4 saturated carbocycles. The Morgan fingerprint density at radius 3 is 1.88 bits per heavy atom. The Morgan fingerprint density at radius 2 is 1.28 bits per heavy atom. The van der Waals surface area contributed by atoms with Crippen LogP contribution in [0.3, 0.4) is 0 Å². The van der Waals surface area contributed by atoms with Crippen molar-refractivity contribution in [2.24, 2.45) is 50.2 Å². The second-order valence-electron chi connectivity index (χ2n) is 25.2. The van der Waals surface area contributed by atoms with E-state index in [4.69, 9.17) is 33.2 Å². The van der Waals surface area contributed by atoms with E-state index in [0.717, 1.165) is 18.4 Å². The van der Waals surface area contributed by atoms with Crippen molar-refractivity contribution in [3.63, 3.8) is 0 Å². The molecule has 8 rings (SSSR count). The molecule has 25 unspecified atom stereocenters. The molecule has 21 nitrogen and oxygen atoms in total. The van der Waals surface area contributed by atoms with Crippen LogP contribution in [0.4, 0.5) is 0 Å². The first-order valence-corrected chi connectivity index (χ1v) is 26.5. The zero-order chi connectivity index (χ0) is 54.6. The predicted octanol–water partition coefficient (Wildman–Crippen LogP) is 0.165. The summed E-state index contributed by atoms with van der Waals surface area (Å²) in [6.45, 7) is 17.0. The monoisotopic (exact) mass is 1060 g/mol. The number of fused-ring (bicyclic) bond motifs is 7. The summed E-state index contributed by atoms with van der Waals surface area (Å²) in [4.78, 5) is 26.3. The highest BCUT2D eigenvalue weighted by Gasteiger charge is 2.72. The topological polar surface area (TPSA) is 342 Å². The smallest absolute Gasteiger partial charge is 0.335 e. The van der Waals surface area contributed by atoms with Crippen LogP contribution in [0.1, 0.15) is 114 Å². The van der Waals surface area contributed by atoms with Crippen LogP contribution in [0, 0.1) is 50.2 Å². The summed E-state index contributed by atoms with van der Waals surface area (Å²) in [6.07, 6.45) is -19.7. The molecule has 5 aliphatic carbocycles. The van der Waals surface area contributed by atoms with Crippen LogP contribution in [0.15, 0.2) is 23.3 Å². The molecule has 0 aromatic rings. The van der Waals surface area contributed by atoms with Crippen LogP contribution in [0.25, 0.3) is 0 Å². The highest BCUT2D eigenvalue weighted by Crippen LogP contribution is 2.76. The third-order valence-electron chi connectivity index (χ3n) is 20.4. The Bertz CT molecular complexity index is 2110. The number of aliphatic hydroxyl groups is 11. The van der Waals surface area contributed by atoms with Crippen LogP contribution in [-0.2, 0) is 42.7 Å². The van der Waals surface area contributed by atoms with E-state index in [0.29, 0.717) is 37.7 Å². The highest BCUT2D eigenvalue weighted by molar-refractivity contribution is 5.87. The first-order valence-electron chi connectivity index (χ1n) is 26.5. The fourth-order valence-corrected chi connectivity index (χ4v) is 15.8. The molecule has 0 aromatic carbocycles. The van der Waals surface area contributed by atoms with Crippen molar-refractivity contribution in [3.8, 4) is 0 Å². The minimum Gasteiger partial charge on any atom is -0.479 e. The van der Waals surface area contributed by atoms with Gasteiger partial charge in [0.15, 0.2) is 25.0 Å². The predicted molar refractivity (Wildman–Crippen MR) is 257 cm³/mol. The number of esters is 1. The van der Waals surface area contributed by atoms with Crippen molar-refractivity contribution >= 4 is 11.9 Å². The summed E-state index contributed by atoms with van der Waals surface area (Å²) in [5.74, 6) is -2.43. The average molecular weight is 1060 g/mol. The zero-order valence-electron chi connectivity index (χ0n) is 44.1. The van der Waals surface area contributed by atoms with Crippen LogP contribution >= 0.6 is 0 Å². The van der Waals surface area contributed by atoms with Gasteiger partial charge < -0.3 is 94.4 Å². The molecular formula is C53H84O21. The molecule has 0 radical (unpaired) electrons. The van der Waals surface area contributed by atoms with Gasteiger partial charge in [-0.05, 0) is 110 Å². The summed E-state index contributed by atoms with van der Waals surface area (Å²) in [6, 6.07) is 0. The number of aliphatic carboxylic acids is 1. The van der Waals surface area contributed by atoms with Crippen LogP contribution in [-0.4, -0.2) is 203 Å². The number of rotatable bonds is 12. The molecule has 21 heteroatoms. The van der Waals surface area contributed by atoms with Crippen LogP contribution in [0.2, 0.25) is 0 Å². The molecule has 0 aromatic heterocycles. The Morgan fingerprint density at radius 1 is 0.689 bits per heavy atom. The Balaban J connectivity index is 1.08. The van der Waals surface area contributed by atoms with Gasteiger partial charge in [-0.3, -0.25) is 0 Å². The summed E-state index contributed by atoms with van der Waals surface area (Å²) >= 11 is 0.